The van der Waals surface area contributed by atoms with Crippen LogP contribution in [0.5, 0.6) is 11.5 Å². The lowest BCUT2D eigenvalue weighted by molar-refractivity contribution is -0.192. The van der Waals surface area contributed by atoms with Crippen LogP contribution in [-0.4, -0.2) is 57.9 Å². The van der Waals surface area contributed by atoms with Gasteiger partial charge in [-0.15, -0.1) is 0 Å². The Labute approximate surface area is 233 Å². The number of piperidine rings is 1. The van der Waals surface area contributed by atoms with Gasteiger partial charge < -0.3 is 20.3 Å². The Hall–Kier alpha value is -1.99. The second-order valence-electron chi connectivity index (χ2n) is 12.1. The normalized spacial score (nSPS) is 33.8. The highest BCUT2D eigenvalue weighted by molar-refractivity contribution is 6.42. The number of phenolic OH excluding ortho intramolecular Hbond substituents is 1. The first-order valence-corrected chi connectivity index (χ1v) is 14.8. The van der Waals surface area contributed by atoms with Crippen LogP contribution in [0.2, 0.25) is 10.0 Å². The zero-order chi connectivity index (χ0) is 26.4. The molecule has 3 unspecified atom stereocenters. The van der Waals surface area contributed by atoms with Crippen molar-refractivity contribution in [1.82, 2.24) is 10.2 Å². The average Bonchev–Trinajstić information content (AvgIpc) is 3.63. The molecule has 0 radical (unpaired) electrons. The number of nitrogens with one attached hydrogen (secondary N) is 1. The van der Waals surface area contributed by atoms with E-state index in [1.54, 1.807) is 18.2 Å². The maximum absolute atomic E-state index is 13.7. The number of amides is 1. The maximum Gasteiger partial charge on any atom is 0.227 e. The van der Waals surface area contributed by atoms with E-state index >= 15 is 0 Å². The van der Waals surface area contributed by atoms with Gasteiger partial charge >= 0.3 is 0 Å². The fraction of sp³-hybridized carbons (Fsp3) is 0.567. The van der Waals surface area contributed by atoms with Crippen LogP contribution in [-0.2, 0) is 16.6 Å². The van der Waals surface area contributed by atoms with Crippen molar-refractivity contribution in [1.29, 1.82) is 0 Å². The number of rotatable bonds is 6. The third-order valence-corrected chi connectivity index (χ3v) is 10.9. The fourth-order valence-corrected chi connectivity index (χ4v) is 8.52. The number of nitrogens with zero attached hydrogens (tertiary/aromatic N) is 1. The van der Waals surface area contributed by atoms with Gasteiger partial charge in [0.1, 0.15) is 6.10 Å². The minimum Gasteiger partial charge on any atom is -0.504 e. The molecule has 3 aliphatic carbocycles. The van der Waals surface area contributed by atoms with Crippen LogP contribution in [0.1, 0.15) is 68.1 Å². The van der Waals surface area contributed by atoms with Crippen molar-refractivity contribution in [3.05, 3.63) is 57.1 Å². The van der Waals surface area contributed by atoms with E-state index in [1.165, 1.54) is 12.8 Å². The van der Waals surface area contributed by atoms with Crippen molar-refractivity contribution in [3.8, 4) is 11.5 Å². The van der Waals surface area contributed by atoms with Crippen molar-refractivity contribution in [3.63, 3.8) is 0 Å². The van der Waals surface area contributed by atoms with Gasteiger partial charge in [-0.05, 0) is 86.7 Å². The van der Waals surface area contributed by atoms with Crippen LogP contribution < -0.4 is 10.1 Å². The Morgan fingerprint density at radius 2 is 2.00 bits per heavy atom. The predicted octanol–water partition coefficient (Wildman–Crippen LogP) is 4.94. The summed E-state index contributed by atoms with van der Waals surface area (Å²) in [6, 6.07) is 8.81. The number of phenols is 1. The van der Waals surface area contributed by atoms with Crippen LogP contribution in [0.25, 0.3) is 0 Å². The lowest BCUT2D eigenvalue weighted by Crippen LogP contribution is -2.78. The molecule has 7 rings (SSSR count). The topological polar surface area (TPSA) is 82.0 Å². The first-order chi connectivity index (χ1) is 18.3. The highest BCUT2D eigenvalue weighted by atomic mass is 35.5. The number of hydrogen-bond acceptors (Lipinski definition) is 5. The molecular weight excluding hydrogens is 523 g/mol. The Balaban J connectivity index is 1.24. The smallest absolute Gasteiger partial charge is 0.227 e. The molecule has 2 saturated carbocycles. The van der Waals surface area contributed by atoms with Crippen LogP contribution in [0.4, 0.5) is 0 Å². The zero-order valence-corrected chi connectivity index (χ0v) is 23.1. The van der Waals surface area contributed by atoms with Crippen molar-refractivity contribution >= 4 is 29.1 Å². The molecule has 38 heavy (non-hydrogen) atoms. The minimum atomic E-state index is -0.966. The summed E-state index contributed by atoms with van der Waals surface area (Å²) < 4.78 is 6.59. The molecule has 2 aromatic carbocycles. The van der Waals surface area contributed by atoms with E-state index in [-0.39, 0.29) is 29.7 Å². The first-order valence-electron chi connectivity index (χ1n) is 14.0. The average molecular weight is 558 g/mol. The second-order valence-corrected chi connectivity index (χ2v) is 12.9. The Bertz CT molecular complexity index is 1320. The van der Waals surface area contributed by atoms with Crippen LogP contribution in [0.15, 0.2) is 30.3 Å². The summed E-state index contributed by atoms with van der Waals surface area (Å²) in [6.45, 7) is 3.91. The molecule has 6 nitrogen and oxygen atoms in total. The number of carbonyl (C=O) groups excluding carboxylic acids is 1. The van der Waals surface area contributed by atoms with Crippen molar-refractivity contribution in [2.45, 2.75) is 87.0 Å². The van der Waals surface area contributed by atoms with Gasteiger partial charge in [0.15, 0.2) is 11.5 Å². The third-order valence-electron chi connectivity index (χ3n) is 10.2. The number of aromatic hydroxyl groups is 1. The van der Waals surface area contributed by atoms with E-state index in [2.05, 4.69) is 10.2 Å². The largest absolute Gasteiger partial charge is 0.504 e. The van der Waals surface area contributed by atoms with Crippen molar-refractivity contribution in [2.24, 2.45) is 5.92 Å². The van der Waals surface area contributed by atoms with Gasteiger partial charge in [-0.25, -0.2) is 0 Å². The molecule has 1 amide bonds. The minimum absolute atomic E-state index is 0.0159. The molecule has 3 fully saturated rings. The fourth-order valence-electron chi connectivity index (χ4n) is 8.21. The first kappa shape index (κ1) is 25.0. The second kappa shape index (κ2) is 8.76. The van der Waals surface area contributed by atoms with E-state index < -0.39 is 17.1 Å². The van der Waals surface area contributed by atoms with Crippen LogP contribution in [0.3, 0.4) is 0 Å². The molecule has 3 N–H and O–H groups in total. The zero-order valence-electron chi connectivity index (χ0n) is 21.6. The van der Waals surface area contributed by atoms with E-state index in [0.29, 0.717) is 35.1 Å². The van der Waals surface area contributed by atoms with Gasteiger partial charge in [-0.1, -0.05) is 42.3 Å². The molecule has 2 aliphatic heterocycles. The number of ether oxygens (including phenoxy) is 1. The standard InChI is InChI=1S/C30H34Cl2N2O4/c1-2-19(17-5-7-20(31)21(32)13-17)28(36)33-22-9-10-30(37)24-14-18-6-8-23(35)26-25(18)29(30,27(22)38-26)11-12-34(24)15-16-3-4-16/h5-8,13,16,19,22,24,27,35,37H,2-4,9-12,14-15H2,1H3,(H,33,36)/t19?,22?,24-,27?,29+,30-/m1/s1. The summed E-state index contributed by atoms with van der Waals surface area (Å²) in [4.78, 5) is 16.2. The molecule has 1 saturated heterocycles. The number of hydrogen-bond donors (Lipinski definition) is 3. The molecule has 5 aliphatic rings. The number of carbonyl (C=O) groups is 1. The lowest BCUT2D eigenvalue weighted by atomic mass is 9.48. The van der Waals surface area contributed by atoms with E-state index in [1.807, 2.05) is 19.1 Å². The van der Waals surface area contributed by atoms with Gasteiger partial charge in [-0.3, -0.25) is 9.69 Å². The SMILES string of the molecule is CCC(C(=O)NC1CC[C@@]2(O)[C@H]3Cc4ccc(O)c5c4[C@@]2(CCN3CC2CC2)C1O5)c1ccc(Cl)c(Cl)c1. The van der Waals surface area contributed by atoms with Gasteiger partial charge in [0.05, 0.1) is 33.0 Å². The van der Waals surface area contributed by atoms with Crippen molar-refractivity contribution < 1.29 is 19.7 Å². The van der Waals surface area contributed by atoms with E-state index in [0.717, 1.165) is 48.5 Å². The molecule has 8 heteroatoms. The molecule has 6 atom stereocenters. The summed E-state index contributed by atoms with van der Waals surface area (Å²) in [5, 5.41) is 27.6. The summed E-state index contributed by atoms with van der Waals surface area (Å²) >= 11 is 12.4. The highest BCUT2D eigenvalue weighted by Crippen LogP contribution is 2.65. The third kappa shape index (κ3) is 3.43. The molecule has 2 heterocycles. The number of likely N-dealkylation sites (tertiary alicyclic amines) is 1. The van der Waals surface area contributed by atoms with Crippen molar-refractivity contribution in [2.75, 3.05) is 13.1 Å². The summed E-state index contributed by atoms with van der Waals surface area (Å²) in [6.07, 6.45) is 5.43. The lowest BCUT2D eigenvalue weighted by Gasteiger charge is -2.64. The molecule has 0 aromatic heterocycles. The van der Waals surface area contributed by atoms with Gasteiger partial charge in [0.25, 0.3) is 0 Å². The highest BCUT2D eigenvalue weighted by Gasteiger charge is 2.73. The summed E-state index contributed by atoms with van der Waals surface area (Å²) in [5.74, 6) is 0.886. The number of benzene rings is 2. The number of aliphatic hydroxyl groups is 1. The number of halogens is 2. The molecule has 2 bridgehead atoms. The van der Waals surface area contributed by atoms with Gasteiger partial charge in [0.2, 0.25) is 5.91 Å². The van der Waals surface area contributed by atoms with Gasteiger partial charge in [-0.2, -0.15) is 0 Å². The predicted molar refractivity (Wildman–Crippen MR) is 146 cm³/mol. The molecule has 2 aromatic rings. The summed E-state index contributed by atoms with van der Waals surface area (Å²) in [5.41, 5.74) is 1.34. The molecule has 202 valence electrons. The molecule has 1 spiro atoms. The maximum atomic E-state index is 13.7. The van der Waals surface area contributed by atoms with E-state index in [4.69, 9.17) is 27.9 Å². The van der Waals surface area contributed by atoms with E-state index in [9.17, 15) is 15.0 Å². The quantitative estimate of drug-likeness (QED) is 0.469. The molecular formula is C30H34Cl2N2O4. The Morgan fingerprint density at radius 1 is 1.18 bits per heavy atom. The monoisotopic (exact) mass is 556 g/mol. The van der Waals surface area contributed by atoms with Gasteiger partial charge in [0, 0.05) is 18.2 Å². The Kier molecular flexibility index (Phi) is 5.76. The van der Waals surface area contributed by atoms with Crippen LogP contribution in [0, 0.1) is 5.92 Å². The summed E-state index contributed by atoms with van der Waals surface area (Å²) in [7, 11) is 0. The Morgan fingerprint density at radius 3 is 2.74 bits per heavy atom. The van der Waals surface area contributed by atoms with Crippen LogP contribution >= 0.6 is 23.2 Å².